The Kier molecular flexibility index (Phi) is 4.93. The van der Waals surface area contributed by atoms with E-state index in [1.165, 1.54) is 38.9 Å². The molecule has 0 unspecified atom stereocenters. The van der Waals surface area contributed by atoms with E-state index in [2.05, 4.69) is 33.2 Å². The number of nitrogens with one attached hydrogen (secondary N) is 1. The lowest BCUT2D eigenvalue weighted by atomic mass is 9.80. The summed E-state index contributed by atoms with van der Waals surface area (Å²) in [4.78, 5) is 11.6. The number of aliphatic hydroxyl groups excluding tert-OH is 1. The standard InChI is InChI=1S/C17H28N4O/c1-3-6-21-7-4-14(5-8-21)20-17-11-16(18-12(2)19-17)13-9-15(22)10-13/h11,13-15,22H,3-10H2,1-2H3,(H,18,19,20). The maximum absolute atomic E-state index is 9.48. The van der Waals surface area contributed by atoms with Gasteiger partial charge in [-0.2, -0.15) is 0 Å². The molecular formula is C17H28N4O. The van der Waals surface area contributed by atoms with Gasteiger partial charge in [0.05, 0.1) is 6.10 Å². The number of piperidine rings is 1. The Labute approximate surface area is 133 Å². The van der Waals surface area contributed by atoms with Gasteiger partial charge < -0.3 is 15.3 Å². The van der Waals surface area contributed by atoms with Crippen LogP contribution in [0.4, 0.5) is 5.82 Å². The molecule has 1 aromatic heterocycles. The molecule has 0 atom stereocenters. The van der Waals surface area contributed by atoms with Gasteiger partial charge in [-0.3, -0.25) is 0 Å². The van der Waals surface area contributed by atoms with Crippen LogP contribution in [0.15, 0.2) is 6.07 Å². The fourth-order valence-corrected chi connectivity index (χ4v) is 3.53. The minimum absolute atomic E-state index is 0.139. The average molecular weight is 304 g/mol. The largest absolute Gasteiger partial charge is 0.393 e. The topological polar surface area (TPSA) is 61.3 Å². The highest BCUT2D eigenvalue weighted by atomic mass is 16.3. The van der Waals surface area contributed by atoms with Gasteiger partial charge >= 0.3 is 0 Å². The van der Waals surface area contributed by atoms with Crippen LogP contribution in [0.25, 0.3) is 0 Å². The molecular weight excluding hydrogens is 276 g/mol. The molecule has 0 spiro atoms. The minimum atomic E-state index is -0.139. The van der Waals surface area contributed by atoms with Gasteiger partial charge in [-0.15, -0.1) is 0 Å². The molecule has 2 aliphatic rings. The second kappa shape index (κ2) is 6.92. The molecule has 22 heavy (non-hydrogen) atoms. The molecule has 1 saturated heterocycles. The molecule has 0 radical (unpaired) electrons. The molecule has 1 saturated carbocycles. The first-order valence-electron chi connectivity index (χ1n) is 8.66. The number of nitrogens with zero attached hydrogens (tertiary/aromatic N) is 3. The van der Waals surface area contributed by atoms with Gasteiger partial charge in [-0.05, 0) is 45.6 Å². The molecule has 1 aliphatic carbocycles. The first-order valence-corrected chi connectivity index (χ1v) is 8.66. The van der Waals surface area contributed by atoms with Crippen molar-refractivity contribution in [3.05, 3.63) is 17.6 Å². The van der Waals surface area contributed by atoms with Crippen LogP contribution in [-0.2, 0) is 0 Å². The van der Waals surface area contributed by atoms with Crippen LogP contribution in [-0.4, -0.2) is 51.8 Å². The number of rotatable bonds is 5. The van der Waals surface area contributed by atoms with Crippen LogP contribution in [0.2, 0.25) is 0 Å². The van der Waals surface area contributed by atoms with Crippen molar-refractivity contribution < 1.29 is 5.11 Å². The molecule has 2 fully saturated rings. The molecule has 0 amide bonds. The van der Waals surface area contributed by atoms with Crippen LogP contribution >= 0.6 is 0 Å². The summed E-state index contributed by atoms with van der Waals surface area (Å²) in [5.74, 6) is 2.19. The highest BCUT2D eigenvalue weighted by molar-refractivity contribution is 5.39. The molecule has 5 heteroatoms. The van der Waals surface area contributed by atoms with E-state index >= 15 is 0 Å². The third-order valence-electron chi connectivity index (χ3n) is 4.87. The average Bonchev–Trinajstić information content (AvgIpc) is 2.46. The summed E-state index contributed by atoms with van der Waals surface area (Å²) < 4.78 is 0. The van der Waals surface area contributed by atoms with E-state index in [0.29, 0.717) is 12.0 Å². The highest BCUT2D eigenvalue weighted by Crippen LogP contribution is 2.36. The Morgan fingerprint density at radius 3 is 2.64 bits per heavy atom. The summed E-state index contributed by atoms with van der Waals surface area (Å²) in [5, 5.41) is 13.1. The summed E-state index contributed by atoms with van der Waals surface area (Å²) in [6.07, 6.45) is 5.14. The van der Waals surface area contributed by atoms with E-state index in [-0.39, 0.29) is 6.10 Å². The number of hydrogen-bond donors (Lipinski definition) is 2. The maximum Gasteiger partial charge on any atom is 0.130 e. The summed E-state index contributed by atoms with van der Waals surface area (Å²) in [6.45, 7) is 7.77. The zero-order valence-electron chi connectivity index (χ0n) is 13.8. The predicted octanol–water partition coefficient (Wildman–Crippen LogP) is 2.31. The van der Waals surface area contributed by atoms with E-state index < -0.39 is 0 Å². The second-order valence-corrected chi connectivity index (χ2v) is 6.81. The van der Waals surface area contributed by atoms with Crippen molar-refractivity contribution in [1.29, 1.82) is 0 Å². The minimum Gasteiger partial charge on any atom is -0.393 e. The molecule has 2 heterocycles. The van der Waals surface area contributed by atoms with Gasteiger partial charge in [0.25, 0.3) is 0 Å². The van der Waals surface area contributed by atoms with Crippen LogP contribution in [0.5, 0.6) is 0 Å². The van der Waals surface area contributed by atoms with Crippen molar-refractivity contribution in [1.82, 2.24) is 14.9 Å². The first-order chi connectivity index (χ1) is 10.6. The number of aliphatic hydroxyl groups is 1. The number of anilines is 1. The zero-order valence-corrected chi connectivity index (χ0v) is 13.8. The monoisotopic (exact) mass is 304 g/mol. The third-order valence-corrected chi connectivity index (χ3v) is 4.87. The molecule has 3 rings (SSSR count). The van der Waals surface area contributed by atoms with Crippen molar-refractivity contribution >= 4 is 5.82 Å². The van der Waals surface area contributed by atoms with Gasteiger partial charge in [0.1, 0.15) is 11.6 Å². The second-order valence-electron chi connectivity index (χ2n) is 6.81. The Balaban J connectivity index is 1.58. The van der Waals surface area contributed by atoms with Gasteiger partial charge in [0.2, 0.25) is 0 Å². The molecule has 0 bridgehead atoms. The molecule has 1 aromatic rings. The third kappa shape index (κ3) is 3.76. The summed E-state index contributed by atoms with van der Waals surface area (Å²) >= 11 is 0. The molecule has 122 valence electrons. The highest BCUT2D eigenvalue weighted by Gasteiger charge is 2.30. The fourth-order valence-electron chi connectivity index (χ4n) is 3.53. The van der Waals surface area contributed by atoms with Gasteiger partial charge in [-0.1, -0.05) is 6.92 Å². The van der Waals surface area contributed by atoms with Crippen molar-refractivity contribution in [2.45, 2.75) is 64.0 Å². The number of hydrogen-bond acceptors (Lipinski definition) is 5. The van der Waals surface area contributed by atoms with Crippen LogP contribution in [0, 0.1) is 6.92 Å². The van der Waals surface area contributed by atoms with Gasteiger partial charge in [0, 0.05) is 36.8 Å². The molecule has 0 aromatic carbocycles. The maximum atomic E-state index is 9.48. The van der Waals surface area contributed by atoms with Crippen molar-refractivity contribution in [3.63, 3.8) is 0 Å². The molecule has 1 aliphatic heterocycles. The van der Waals surface area contributed by atoms with Crippen LogP contribution < -0.4 is 5.32 Å². The number of aryl methyl sites for hydroxylation is 1. The molecule has 2 N–H and O–H groups in total. The SMILES string of the molecule is CCCN1CCC(Nc2cc(C3CC(O)C3)nc(C)n2)CC1. The Hall–Kier alpha value is -1.20. The smallest absolute Gasteiger partial charge is 0.130 e. The van der Waals surface area contributed by atoms with E-state index in [1.54, 1.807) is 0 Å². The summed E-state index contributed by atoms with van der Waals surface area (Å²) in [6, 6.07) is 2.60. The Morgan fingerprint density at radius 1 is 1.27 bits per heavy atom. The zero-order chi connectivity index (χ0) is 15.5. The predicted molar refractivity (Wildman–Crippen MR) is 88.1 cm³/mol. The van der Waals surface area contributed by atoms with Crippen LogP contribution in [0.1, 0.15) is 56.5 Å². The van der Waals surface area contributed by atoms with Crippen molar-refractivity contribution in [2.75, 3.05) is 25.0 Å². The van der Waals surface area contributed by atoms with E-state index in [0.717, 1.165) is 30.2 Å². The normalized spacial score (nSPS) is 26.7. The fraction of sp³-hybridized carbons (Fsp3) is 0.765. The summed E-state index contributed by atoms with van der Waals surface area (Å²) in [7, 11) is 0. The lowest BCUT2D eigenvalue weighted by Crippen LogP contribution is -2.39. The summed E-state index contributed by atoms with van der Waals surface area (Å²) in [5.41, 5.74) is 1.09. The molecule has 5 nitrogen and oxygen atoms in total. The quantitative estimate of drug-likeness (QED) is 0.874. The lowest BCUT2D eigenvalue weighted by molar-refractivity contribution is 0.0731. The first kappa shape index (κ1) is 15.7. The number of likely N-dealkylation sites (tertiary alicyclic amines) is 1. The Bertz CT molecular complexity index is 493. The van der Waals surface area contributed by atoms with Gasteiger partial charge in [-0.25, -0.2) is 9.97 Å². The van der Waals surface area contributed by atoms with E-state index in [1.807, 2.05) is 6.92 Å². The lowest BCUT2D eigenvalue weighted by Gasteiger charge is -2.33. The van der Waals surface area contributed by atoms with E-state index in [4.69, 9.17) is 0 Å². The van der Waals surface area contributed by atoms with Gasteiger partial charge in [0.15, 0.2) is 0 Å². The number of aromatic nitrogens is 2. The van der Waals surface area contributed by atoms with Crippen molar-refractivity contribution in [3.8, 4) is 0 Å². The van der Waals surface area contributed by atoms with Crippen LogP contribution in [0.3, 0.4) is 0 Å². The van der Waals surface area contributed by atoms with Crippen molar-refractivity contribution in [2.24, 2.45) is 0 Å². The Morgan fingerprint density at radius 2 is 2.00 bits per heavy atom. The van der Waals surface area contributed by atoms with E-state index in [9.17, 15) is 5.11 Å².